The number of benzene rings is 1. The summed E-state index contributed by atoms with van der Waals surface area (Å²) in [5.41, 5.74) is 2.91. The molecule has 0 heterocycles. The van der Waals surface area contributed by atoms with E-state index in [1.807, 2.05) is 13.8 Å². The number of para-hydroxylation sites is 1. The highest BCUT2D eigenvalue weighted by molar-refractivity contribution is 5.76. The molecule has 0 radical (unpaired) electrons. The van der Waals surface area contributed by atoms with E-state index >= 15 is 0 Å². The lowest BCUT2D eigenvalue weighted by Crippen LogP contribution is -2.31. The van der Waals surface area contributed by atoms with Crippen LogP contribution >= 0.6 is 0 Å². The van der Waals surface area contributed by atoms with Crippen molar-refractivity contribution in [3.8, 4) is 0 Å². The maximum absolute atomic E-state index is 11.1. The Morgan fingerprint density at radius 2 is 2.00 bits per heavy atom. The minimum atomic E-state index is -0.431. The van der Waals surface area contributed by atoms with Gasteiger partial charge in [0.15, 0.2) is 0 Å². The fourth-order valence-electron chi connectivity index (χ4n) is 2.01. The molecule has 0 aliphatic rings. The van der Waals surface area contributed by atoms with Gasteiger partial charge in [-0.15, -0.1) is 0 Å². The van der Waals surface area contributed by atoms with Crippen molar-refractivity contribution in [3.05, 3.63) is 28.3 Å². The second kappa shape index (κ2) is 5.68. The van der Waals surface area contributed by atoms with Crippen LogP contribution in [0.1, 0.15) is 33.6 Å². The molecule has 0 bridgehead atoms. The van der Waals surface area contributed by atoms with Crippen molar-refractivity contribution in [3.63, 3.8) is 0 Å². The van der Waals surface area contributed by atoms with Gasteiger partial charge in [0, 0.05) is 5.54 Å². The van der Waals surface area contributed by atoms with Crippen molar-refractivity contribution in [1.82, 2.24) is 0 Å². The van der Waals surface area contributed by atoms with Crippen molar-refractivity contribution in [2.45, 2.75) is 39.2 Å². The molecule has 0 aliphatic heterocycles. The molecule has 0 aromatic heterocycles. The Hall–Kier alpha value is -1.82. The Bertz CT molecular complexity index is 432. The predicted octanol–water partition coefficient (Wildman–Crippen LogP) is 2.87. The van der Waals surface area contributed by atoms with E-state index in [2.05, 4.69) is 17.7 Å². The maximum Gasteiger partial charge on any atom is 0.316 e. The number of nitrogen functional groups attached to an aromatic ring is 1. The van der Waals surface area contributed by atoms with Crippen LogP contribution in [0, 0.1) is 10.1 Å². The zero-order valence-corrected chi connectivity index (χ0v) is 11.0. The number of nitro groups is 1. The van der Waals surface area contributed by atoms with E-state index in [4.69, 9.17) is 5.84 Å². The lowest BCUT2D eigenvalue weighted by atomic mass is 9.98. The Morgan fingerprint density at radius 3 is 2.50 bits per heavy atom. The van der Waals surface area contributed by atoms with Crippen LogP contribution in [0.3, 0.4) is 0 Å². The van der Waals surface area contributed by atoms with Gasteiger partial charge in [-0.2, -0.15) is 0 Å². The van der Waals surface area contributed by atoms with Crippen LogP contribution in [0.15, 0.2) is 18.2 Å². The van der Waals surface area contributed by atoms with Crippen molar-refractivity contribution in [2.24, 2.45) is 5.84 Å². The number of nitrogens with one attached hydrogen (secondary N) is 2. The van der Waals surface area contributed by atoms with Gasteiger partial charge in [0.2, 0.25) is 0 Å². The SMILES string of the molecule is CCCC(C)(C)Nc1cccc(NN)c1[N+](=O)[O-]. The van der Waals surface area contributed by atoms with Gasteiger partial charge >= 0.3 is 5.69 Å². The fraction of sp³-hybridized carbons (Fsp3) is 0.500. The van der Waals surface area contributed by atoms with Gasteiger partial charge in [0.25, 0.3) is 0 Å². The monoisotopic (exact) mass is 252 g/mol. The lowest BCUT2D eigenvalue weighted by molar-refractivity contribution is -0.383. The standard InChI is InChI=1S/C12H20N4O2/c1-4-8-12(2,3)14-9-6-5-7-10(15-13)11(9)16(17)18/h5-7,14-15H,4,8,13H2,1-3H3. The van der Waals surface area contributed by atoms with Crippen LogP contribution in [0.25, 0.3) is 0 Å². The molecule has 6 heteroatoms. The average molecular weight is 252 g/mol. The largest absolute Gasteiger partial charge is 0.375 e. The van der Waals surface area contributed by atoms with Crippen molar-refractivity contribution >= 4 is 17.1 Å². The van der Waals surface area contributed by atoms with Gasteiger partial charge in [0.1, 0.15) is 11.4 Å². The third kappa shape index (κ3) is 3.33. The number of hydrogen-bond acceptors (Lipinski definition) is 5. The van der Waals surface area contributed by atoms with Crippen LogP contribution in [0.4, 0.5) is 17.1 Å². The molecule has 0 amide bonds. The van der Waals surface area contributed by atoms with Crippen molar-refractivity contribution in [2.75, 3.05) is 10.7 Å². The molecular weight excluding hydrogens is 232 g/mol. The summed E-state index contributed by atoms with van der Waals surface area (Å²) in [4.78, 5) is 10.7. The molecule has 0 spiro atoms. The van der Waals surface area contributed by atoms with E-state index < -0.39 is 4.92 Å². The predicted molar refractivity (Wildman–Crippen MR) is 73.5 cm³/mol. The number of nitrogens with two attached hydrogens (primary N) is 1. The number of anilines is 2. The quantitative estimate of drug-likeness (QED) is 0.411. The molecular formula is C12H20N4O2. The molecule has 1 aromatic carbocycles. The summed E-state index contributed by atoms with van der Waals surface area (Å²) in [5.74, 6) is 5.30. The Balaban J connectivity index is 3.12. The first-order valence-corrected chi connectivity index (χ1v) is 5.93. The van der Waals surface area contributed by atoms with Crippen LogP contribution in [-0.4, -0.2) is 10.5 Å². The molecule has 100 valence electrons. The minimum Gasteiger partial charge on any atom is -0.375 e. The summed E-state index contributed by atoms with van der Waals surface area (Å²) in [5, 5.41) is 14.3. The van der Waals surface area contributed by atoms with Gasteiger partial charge in [-0.3, -0.25) is 16.0 Å². The Kier molecular flexibility index (Phi) is 4.49. The van der Waals surface area contributed by atoms with Crippen LogP contribution < -0.4 is 16.6 Å². The first-order chi connectivity index (χ1) is 8.41. The Morgan fingerprint density at radius 1 is 1.39 bits per heavy atom. The average Bonchev–Trinajstić information content (AvgIpc) is 2.27. The molecule has 0 fully saturated rings. The van der Waals surface area contributed by atoms with Crippen LogP contribution in [0.5, 0.6) is 0 Å². The molecule has 0 aliphatic carbocycles. The molecule has 6 nitrogen and oxygen atoms in total. The fourth-order valence-corrected chi connectivity index (χ4v) is 2.01. The van der Waals surface area contributed by atoms with E-state index in [-0.39, 0.29) is 11.2 Å². The number of nitro benzene ring substituents is 1. The minimum absolute atomic E-state index is 0.0239. The lowest BCUT2D eigenvalue weighted by Gasteiger charge is -2.27. The highest BCUT2D eigenvalue weighted by Crippen LogP contribution is 2.34. The topological polar surface area (TPSA) is 93.2 Å². The molecule has 0 unspecified atom stereocenters. The summed E-state index contributed by atoms with van der Waals surface area (Å²) in [6.07, 6.45) is 1.92. The first kappa shape index (κ1) is 14.2. The summed E-state index contributed by atoms with van der Waals surface area (Å²) >= 11 is 0. The van der Waals surface area contributed by atoms with E-state index in [0.717, 1.165) is 12.8 Å². The van der Waals surface area contributed by atoms with Crippen LogP contribution in [-0.2, 0) is 0 Å². The molecule has 0 saturated carbocycles. The van der Waals surface area contributed by atoms with Crippen molar-refractivity contribution < 1.29 is 4.92 Å². The van der Waals surface area contributed by atoms with Gasteiger partial charge in [-0.1, -0.05) is 19.4 Å². The van der Waals surface area contributed by atoms with E-state index in [1.54, 1.807) is 18.2 Å². The highest BCUT2D eigenvalue weighted by Gasteiger charge is 2.24. The normalized spacial score (nSPS) is 11.1. The van der Waals surface area contributed by atoms with Gasteiger partial charge in [0.05, 0.1) is 4.92 Å². The molecule has 4 N–H and O–H groups in total. The zero-order valence-electron chi connectivity index (χ0n) is 11.0. The summed E-state index contributed by atoms with van der Waals surface area (Å²) in [7, 11) is 0. The number of hydrazine groups is 1. The van der Waals surface area contributed by atoms with Crippen LogP contribution in [0.2, 0.25) is 0 Å². The summed E-state index contributed by atoms with van der Waals surface area (Å²) in [6.45, 7) is 6.11. The summed E-state index contributed by atoms with van der Waals surface area (Å²) < 4.78 is 0. The molecule has 0 saturated heterocycles. The van der Waals surface area contributed by atoms with E-state index in [1.165, 1.54) is 0 Å². The molecule has 18 heavy (non-hydrogen) atoms. The second-order valence-corrected chi connectivity index (χ2v) is 4.86. The molecule has 1 aromatic rings. The summed E-state index contributed by atoms with van der Waals surface area (Å²) in [6, 6.07) is 5.00. The third-order valence-corrected chi connectivity index (χ3v) is 2.72. The maximum atomic E-state index is 11.1. The molecule has 0 atom stereocenters. The van der Waals surface area contributed by atoms with Gasteiger partial charge < -0.3 is 10.7 Å². The van der Waals surface area contributed by atoms with E-state index in [9.17, 15) is 10.1 Å². The highest BCUT2D eigenvalue weighted by atomic mass is 16.6. The number of hydrogen-bond donors (Lipinski definition) is 3. The number of rotatable bonds is 6. The van der Waals surface area contributed by atoms with Gasteiger partial charge in [-0.25, -0.2) is 0 Å². The smallest absolute Gasteiger partial charge is 0.316 e. The zero-order chi connectivity index (χ0) is 13.8. The second-order valence-electron chi connectivity index (χ2n) is 4.86. The Labute approximate surface area is 107 Å². The van der Waals surface area contributed by atoms with Crippen molar-refractivity contribution in [1.29, 1.82) is 0 Å². The number of nitrogens with zero attached hydrogens (tertiary/aromatic N) is 1. The third-order valence-electron chi connectivity index (χ3n) is 2.72. The van der Waals surface area contributed by atoms with Gasteiger partial charge in [-0.05, 0) is 32.4 Å². The molecule has 1 rings (SSSR count). The van der Waals surface area contributed by atoms with E-state index in [0.29, 0.717) is 11.4 Å². The first-order valence-electron chi connectivity index (χ1n) is 5.93.